The molecule has 0 radical (unpaired) electrons. The molecule has 15 heteroatoms. The molecule has 3 amide bonds. The minimum atomic E-state index is -1.61. The molecule has 1 spiro atoms. The number of rotatable bonds is 11. The van der Waals surface area contributed by atoms with Gasteiger partial charge < -0.3 is 26.0 Å². The molecule has 3 aromatic carbocycles. The number of β-amino-alcohol motifs (C(OH)–C–C–N with tert-alkyl or cyclic N) is 1. The zero-order chi connectivity index (χ0) is 50.2. The maximum atomic E-state index is 13.1. The van der Waals surface area contributed by atoms with Crippen LogP contribution in [-0.2, 0) is 26.3 Å². The number of fused-ring (bicyclic) bond motifs is 7. The average molecular weight is 997 g/mol. The molecule has 70 heavy (non-hydrogen) atoms. The van der Waals surface area contributed by atoms with Crippen molar-refractivity contribution in [3.8, 4) is 16.1 Å². The van der Waals surface area contributed by atoms with Crippen molar-refractivity contribution in [2.24, 2.45) is 11.1 Å². The summed E-state index contributed by atoms with van der Waals surface area (Å²) in [6, 6.07) is 21.0. The van der Waals surface area contributed by atoms with Gasteiger partial charge in [-0.25, -0.2) is 9.37 Å². The minimum absolute atomic E-state index is 0.0463. The summed E-state index contributed by atoms with van der Waals surface area (Å²) in [7, 11) is 0. The summed E-state index contributed by atoms with van der Waals surface area (Å²) in [5.41, 5.74) is 12.8. The number of aromatic nitrogens is 3. The number of thiazole rings is 1. The number of carbonyl (C=O) groups is 3. The number of halogens is 2. The quantitative estimate of drug-likeness (QED) is 0.0870. The maximum Gasteiger partial charge on any atom is 0.282 e. The highest BCUT2D eigenvalue weighted by Crippen LogP contribution is 2.53. The lowest BCUT2D eigenvalue weighted by atomic mass is 9.77. The number of aliphatic hydroxyl groups is 1. The molecule has 0 bridgehead atoms. The van der Waals surface area contributed by atoms with E-state index in [1.165, 1.54) is 91.8 Å². The summed E-state index contributed by atoms with van der Waals surface area (Å²) in [4.78, 5) is 59.3. The Balaban J connectivity index is 0.000000165. The van der Waals surface area contributed by atoms with Crippen LogP contribution in [0.4, 0.5) is 4.39 Å². The standard InChI is InChI=1S/C29H34ClN3O.C12H12N2OS.C10H19NO2.C4H6FNO/c1-2-3-6-16-32-17-12-20(13-18-32)21-10-11-24-22(19-21)29(14-4-5-15-29)28-31-27(34)26-23(30)8-7-9-25(26)33(24)28;1-9-12(16-8-14-9)11-4-2-10(3-5-11)6-13-7-15;1-10(2,3)6-9(13)11-5-4-8(12)7-11;5-4(1-2-4)3(6)7/h7-11,19-20H,2-6,12-18H2,1H3;2-5,7-8H,6H2,1H3,(H,13,15);8,12H,4-7H2,1-3H3;1-2H2,(H2,6,7). The minimum Gasteiger partial charge on any atom is -0.391 e. The molecule has 4 N–H and O–H groups in total. The number of aryl methyl sites for hydroxylation is 1. The van der Waals surface area contributed by atoms with E-state index in [0.29, 0.717) is 55.1 Å². The van der Waals surface area contributed by atoms with Crippen LogP contribution in [0.15, 0.2) is 71.0 Å². The second-order valence-electron chi connectivity index (χ2n) is 20.9. The number of benzene rings is 3. The Bertz CT molecular complexity index is 2660. The number of primary amides is 1. The SMILES string of the molecule is CC(C)(C)CC(=O)N1CCC(O)C1.CCCCCN1CCC(c2ccc3c(c2)C2(CCCC2)c2nc(=O)c4c(Cl)cccc4n2-3)CC1.Cc1ncsc1-c1ccc(CNC=O)cc1.NC(=O)C1(F)CC1. The van der Waals surface area contributed by atoms with E-state index in [-0.39, 0.29) is 28.4 Å². The Morgan fingerprint density at radius 2 is 1.71 bits per heavy atom. The summed E-state index contributed by atoms with van der Waals surface area (Å²) in [6.45, 7) is 15.9. The Hall–Kier alpha value is -5.02. The number of alkyl halides is 1. The Morgan fingerprint density at radius 1 is 1.00 bits per heavy atom. The molecule has 5 heterocycles. The van der Waals surface area contributed by atoms with Gasteiger partial charge in [-0.05, 0) is 130 Å². The molecule has 5 aliphatic rings. The Kier molecular flexibility index (Phi) is 17.4. The van der Waals surface area contributed by atoms with Gasteiger partial charge in [-0.1, -0.05) is 107 Å². The van der Waals surface area contributed by atoms with E-state index >= 15 is 0 Å². The highest BCUT2D eigenvalue weighted by Gasteiger charge is 2.49. The fourth-order valence-electron chi connectivity index (χ4n) is 10.2. The highest BCUT2D eigenvalue weighted by atomic mass is 35.5. The zero-order valence-electron chi connectivity index (χ0n) is 41.6. The third-order valence-corrected chi connectivity index (χ3v) is 15.6. The van der Waals surface area contributed by atoms with Crippen molar-refractivity contribution >= 4 is 52.1 Å². The van der Waals surface area contributed by atoms with Crippen molar-refractivity contribution < 1.29 is 23.9 Å². The molecule has 3 aliphatic heterocycles. The topological polar surface area (TPSA) is 164 Å². The molecular weight excluding hydrogens is 925 g/mol. The number of unbranched alkanes of at least 4 members (excludes halogenated alkanes) is 2. The van der Waals surface area contributed by atoms with E-state index in [2.05, 4.69) is 83.5 Å². The lowest BCUT2D eigenvalue weighted by Crippen LogP contribution is -2.33. The van der Waals surface area contributed by atoms with Crippen LogP contribution < -0.4 is 16.6 Å². The normalized spacial score (nSPS) is 18.7. The molecule has 2 saturated carbocycles. The predicted molar refractivity (Wildman–Crippen MR) is 278 cm³/mol. The van der Waals surface area contributed by atoms with Crippen LogP contribution in [0.2, 0.25) is 5.02 Å². The van der Waals surface area contributed by atoms with E-state index in [4.69, 9.17) is 16.6 Å². The van der Waals surface area contributed by atoms with Crippen molar-refractivity contribution in [2.45, 2.75) is 148 Å². The molecule has 1 unspecified atom stereocenters. The van der Waals surface area contributed by atoms with Crippen molar-refractivity contribution in [2.75, 3.05) is 32.7 Å². The van der Waals surface area contributed by atoms with Gasteiger partial charge in [0, 0.05) is 26.1 Å². The lowest BCUT2D eigenvalue weighted by molar-refractivity contribution is -0.132. The van der Waals surface area contributed by atoms with Crippen LogP contribution in [0.1, 0.15) is 145 Å². The number of hydrogen-bond acceptors (Lipinski definition) is 9. The van der Waals surface area contributed by atoms with Crippen LogP contribution in [0.5, 0.6) is 0 Å². The summed E-state index contributed by atoms with van der Waals surface area (Å²) in [5.74, 6) is 0.910. The van der Waals surface area contributed by atoms with Gasteiger partial charge in [0.1, 0.15) is 5.82 Å². The molecule has 4 fully saturated rings. The number of amides is 3. The van der Waals surface area contributed by atoms with Crippen molar-refractivity contribution in [1.29, 1.82) is 0 Å². The maximum absolute atomic E-state index is 13.1. The second kappa shape index (κ2) is 23.0. The van der Waals surface area contributed by atoms with Crippen LogP contribution >= 0.6 is 22.9 Å². The summed E-state index contributed by atoms with van der Waals surface area (Å²) < 4.78 is 14.4. The van der Waals surface area contributed by atoms with E-state index in [0.717, 1.165) is 48.4 Å². The summed E-state index contributed by atoms with van der Waals surface area (Å²) in [5, 5.41) is 12.9. The van der Waals surface area contributed by atoms with Crippen LogP contribution in [0.3, 0.4) is 0 Å². The number of aliphatic hydroxyl groups excluding tert-OH is 1. The molecule has 2 aliphatic carbocycles. The third kappa shape index (κ3) is 12.5. The van der Waals surface area contributed by atoms with E-state index in [9.17, 15) is 28.7 Å². The number of likely N-dealkylation sites (tertiary alicyclic amines) is 2. The molecule has 2 aromatic heterocycles. The molecule has 2 saturated heterocycles. The zero-order valence-corrected chi connectivity index (χ0v) is 43.1. The van der Waals surface area contributed by atoms with Gasteiger partial charge in [0.15, 0.2) is 5.67 Å². The Morgan fingerprint density at radius 3 is 2.29 bits per heavy atom. The van der Waals surface area contributed by atoms with Crippen molar-refractivity contribution in [1.82, 2.24) is 29.7 Å². The number of hydrogen-bond donors (Lipinski definition) is 3. The Labute approximate surface area is 421 Å². The van der Waals surface area contributed by atoms with Crippen LogP contribution in [0.25, 0.3) is 27.0 Å². The molecule has 12 nitrogen and oxygen atoms in total. The highest BCUT2D eigenvalue weighted by molar-refractivity contribution is 7.13. The summed E-state index contributed by atoms with van der Waals surface area (Å²) >= 11 is 8.11. The molecular formula is C55H71ClFN7O5S. The van der Waals surface area contributed by atoms with E-state index in [1.807, 2.05) is 36.7 Å². The predicted octanol–water partition coefficient (Wildman–Crippen LogP) is 9.94. The first-order valence-corrected chi connectivity index (χ1v) is 26.4. The monoisotopic (exact) mass is 995 g/mol. The van der Waals surface area contributed by atoms with Crippen molar-refractivity contribution in [3.05, 3.63) is 110 Å². The fourth-order valence-corrected chi connectivity index (χ4v) is 11.3. The number of nitrogens with two attached hydrogens (primary N) is 1. The van der Waals surface area contributed by atoms with Gasteiger partial charge in [-0.3, -0.25) is 23.7 Å². The smallest absolute Gasteiger partial charge is 0.282 e. The first-order chi connectivity index (χ1) is 33.5. The van der Waals surface area contributed by atoms with Gasteiger partial charge in [0.05, 0.1) is 49.2 Å². The number of carbonyl (C=O) groups excluding carboxylic acids is 3. The number of nitrogens with zero attached hydrogens (tertiary/aromatic N) is 5. The summed E-state index contributed by atoms with van der Waals surface area (Å²) in [6.07, 6.45) is 13.3. The lowest BCUT2D eigenvalue weighted by Gasteiger charge is -2.33. The van der Waals surface area contributed by atoms with E-state index < -0.39 is 11.6 Å². The first kappa shape index (κ1) is 52.8. The van der Waals surface area contributed by atoms with Crippen LogP contribution in [0, 0.1) is 12.3 Å². The molecule has 1 atom stereocenters. The average Bonchev–Trinajstić information content (AvgIpc) is 3.75. The third-order valence-electron chi connectivity index (χ3n) is 14.3. The van der Waals surface area contributed by atoms with Gasteiger partial charge >= 0.3 is 0 Å². The van der Waals surface area contributed by atoms with Crippen LogP contribution in [-0.4, -0.2) is 92.2 Å². The van der Waals surface area contributed by atoms with Gasteiger partial charge in [0.2, 0.25) is 12.3 Å². The number of nitrogens with one attached hydrogen (secondary N) is 1. The fraction of sp³-hybridized carbons (Fsp3) is 0.527. The largest absolute Gasteiger partial charge is 0.391 e. The molecule has 10 rings (SSSR count). The number of piperidine rings is 1. The van der Waals surface area contributed by atoms with Gasteiger partial charge in [-0.2, -0.15) is 4.98 Å². The molecule has 5 aromatic rings. The molecule has 376 valence electrons. The first-order valence-electron chi connectivity index (χ1n) is 25.2. The van der Waals surface area contributed by atoms with Crippen molar-refractivity contribution in [3.63, 3.8) is 0 Å². The second-order valence-corrected chi connectivity index (χ2v) is 22.2. The van der Waals surface area contributed by atoms with E-state index in [1.54, 1.807) is 22.3 Å². The van der Waals surface area contributed by atoms with Gasteiger partial charge in [0.25, 0.3) is 11.5 Å². The van der Waals surface area contributed by atoms with Gasteiger partial charge in [-0.15, -0.1) is 11.3 Å².